The Balaban J connectivity index is 2.36. The van der Waals surface area contributed by atoms with Gasteiger partial charge >= 0.3 is 0 Å². The van der Waals surface area contributed by atoms with Crippen molar-refractivity contribution in [1.82, 2.24) is 5.32 Å². The van der Waals surface area contributed by atoms with E-state index in [9.17, 15) is 0 Å². The molecule has 1 heterocycles. The Morgan fingerprint density at radius 3 is 3.08 bits per heavy atom. The van der Waals surface area contributed by atoms with Crippen LogP contribution in [0.2, 0.25) is 0 Å². The zero-order valence-corrected chi connectivity index (χ0v) is 6.93. The van der Waals surface area contributed by atoms with Gasteiger partial charge < -0.3 is 16.4 Å². The van der Waals surface area contributed by atoms with E-state index in [4.69, 9.17) is 5.73 Å². The Bertz CT molecular complexity index is 283. The summed E-state index contributed by atoms with van der Waals surface area (Å²) in [7, 11) is 0. The second-order valence-corrected chi connectivity index (χ2v) is 3.02. The van der Waals surface area contributed by atoms with Crippen LogP contribution in [0.3, 0.4) is 0 Å². The van der Waals surface area contributed by atoms with E-state index < -0.39 is 0 Å². The summed E-state index contributed by atoms with van der Waals surface area (Å²) in [4.78, 5) is 0. The molecular weight excluding hydrogens is 150 g/mol. The third kappa shape index (κ3) is 1.36. The second kappa shape index (κ2) is 3.03. The summed E-state index contributed by atoms with van der Waals surface area (Å²) in [6.07, 6.45) is 0. The lowest BCUT2D eigenvalue weighted by molar-refractivity contribution is 0.725. The maximum absolute atomic E-state index is 5.67. The zero-order chi connectivity index (χ0) is 8.39. The molecule has 0 fully saturated rings. The molecule has 0 radical (unpaired) electrons. The molecule has 0 amide bonds. The molecule has 1 aliphatic rings. The van der Waals surface area contributed by atoms with Crippen molar-refractivity contribution in [3.05, 3.63) is 23.8 Å². The van der Waals surface area contributed by atoms with Crippen LogP contribution in [0.4, 0.5) is 11.4 Å². The molecule has 0 unspecified atom stereocenters. The molecule has 1 aliphatic heterocycles. The Morgan fingerprint density at radius 2 is 2.17 bits per heavy atom. The lowest BCUT2D eigenvalue weighted by Gasteiger charge is -2.06. The van der Waals surface area contributed by atoms with Crippen molar-refractivity contribution in [2.24, 2.45) is 0 Å². The van der Waals surface area contributed by atoms with E-state index in [1.807, 2.05) is 12.1 Å². The lowest BCUT2D eigenvalue weighted by atomic mass is 10.1. The summed E-state index contributed by atoms with van der Waals surface area (Å²) in [5, 5.41) is 6.64. The number of hydrogen-bond acceptors (Lipinski definition) is 3. The molecule has 4 N–H and O–H groups in total. The maximum Gasteiger partial charge on any atom is 0.0406 e. The molecule has 1 aromatic rings. The van der Waals surface area contributed by atoms with Gasteiger partial charge in [0, 0.05) is 31.0 Å². The Kier molecular flexibility index (Phi) is 1.87. The molecule has 0 aromatic heterocycles. The van der Waals surface area contributed by atoms with Crippen molar-refractivity contribution in [3.63, 3.8) is 0 Å². The SMILES string of the molecule is Nc1ccc2c(c1)NCCNC2. The molecule has 0 aliphatic carbocycles. The second-order valence-electron chi connectivity index (χ2n) is 3.02. The van der Waals surface area contributed by atoms with Crippen molar-refractivity contribution < 1.29 is 0 Å². The van der Waals surface area contributed by atoms with E-state index in [1.54, 1.807) is 0 Å². The largest absolute Gasteiger partial charge is 0.399 e. The van der Waals surface area contributed by atoms with Gasteiger partial charge in [0.25, 0.3) is 0 Å². The van der Waals surface area contributed by atoms with Gasteiger partial charge in [0.2, 0.25) is 0 Å². The number of nitrogens with two attached hydrogens (primary N) is 1. The van der Waals surface area contributed by atoms with Gasteiger partial charge in [-0.05, 0) is 17.7 Å². The molecule has 0 atom stereocenters. The normalized spacial score (nSPS) is 16.0. The van der Waals surface area contributed by atoms with Crippen molar-refractivity contribution in [2.45, 2.75) is 6.54 Å². The van der Waals surface area contributed by atoms with Crippen LogP contribution in [0.25, 0.3) is 0 Å². The van der Waals surface area contributed by atoms with Gasteiger partial charge in [-0.25, -0.2) is 0 Å². The summed E-state index contributed by atoms with van der Waals surface area (Å²) in [5.41, 5.74) is 8.95. The van der Waals surface area contributed by atoms with Gasteiger partial charge in [0.15, 0.2) is 0 Å². The Morgan fingerprint density at radius 1 is 1.25 bits per heavy atom. The zero-order valence-electron chi connectivity index (χ0n) is 6.93. The van der Waals surface area contributed by atoms with Crippen LogP contribution < -0.4 is 16.4 Å². The summed E-state index contributed by atoms with van der Waals surface area (Å²) in [6.45, 7) is 2.91. The molecule has 0 spiro atoms. The van der Waals surface area contributed by atoms with E-state index in [1.165, 1.54) is 11.3 Å². The number of nitrogen functional groups attached to an aromatic ring is 1. The molecule has 0 saturated heterocycles. The fourth-order valence-electron chi connectivity index (χ4n) is 1.42. The van der Waals surface area contributed by atoms with Crippen molar-refractivity contribution >= 4 is 11.4 Å². The van der Waals surface area contributed by atoms with Crippen LogP contribution >= 0.6 is 0 Å². The lowest BCUT2D eigenvalue weighted by Crippen LogP contribution is -2.16. The first kappa shape index (κ1) is 7.43. The fraction of sp³-hybridized carbons (Fsp3) is 0.333. The number of hydrogen-bond donors (Lipinski definition) is 3. The molecule has 3 nitrogen and oxygen atoms in total. The van der Waals surface area contributed by atoms with Crippen LogP contribution in [0.1, 0.15) is 5.56 Å². The molecule has 1 aromatic carbocycles. The summed E-state index contributed by atoms with van der Waals surface area (Å²) in [6, 6.07) is 5.99. The van der Waals surface area contributed by atoms with Crippen LogP contribution in [0, 0.1) is 0 Å². The van der Waals surface area contributed by atoms with Gasteiger partial charge in [-0.3, -0.25) is 0 Å². The molecular formula is C9H13N3. The van der Waals surface area contributed by atoms with Crippen LogP contribution in [-0.4, -0.2) is 13.1 Å². The van der Waals surface area contributed by atoms with Crippen molar-refractivity contribution in [2.75, 3.05) is 24.1 Å². The van der Waals surface area contributed by atoms with E-state index >= 15 is 0 Å². The van der Waals surface area contributed by atoms with Gasteiger partial charge in [-0.15, -0.1) is 0 Å². The third-order valence-corrected chi connectivity index (χ3v) is 2.07. The van der Waals surface area contributed by atoms with E-state index in [0.717, 1.165) is 25.3 Å². The molecule has 0 bridgehead atoms. The van der Waals surface area contributed by atoms with E-state index in [2.05, 4.69) is 16.7 Å². The Labute approximate surface area is 72.0 Å². The third-order valence-electron chi connectivity index (χ3n) is 2.07. The minimum absolute atomic E-state index is 0.822. The van der Waals surface area contributed by atoms with Gasteiger partial charge in [-0.2, -0.15) is 0 Å². The first-order chi connectivity index (χ1) is 5.86. The van der Waals surface area contributed by atoms with Crippen LogP contribution in [0.15, 0.2) is 18.2 Å². The predicted octanol–water partition coefficient (Wildman–Crippen LogP) is 0.784. The molecule has 2 rings (SSSR count). The topological polar surface area (TPSA) is 50.1 Å². The maximum atomic E-state index is 5.67. The first-order valence-electron chi connectivity index (χ1n) is 4.19. The van der Waals surface area contributed by atoms with Crippen LogP contribution in [-0.2, 0) is 6.54 Å². The minimum Gasteiger partial charge on any atom is -0.399 e. The minimum atomic E-state index is 0.822. The summed E-state index contributed by atoms with van der Waals surface area (Å²) >= 11 is 0. The first-order valence-corrected chi connectivity index (χ1v) is 4.19. The monoisotopic (exact) mass is 163 g/mol. The van der Waals surface area contributed by atoms with Gasteiger partial charge in [0.1, 0.15) is 0 Å². The molecule has 64 valence electrons. The highest BCUT2D eigenvalue weighted by Crippen LogP contribution is 2.19. The average Bonchev–Trinajstić information content (AvgIpc) is 2.28. The number of benzene rings is 1. The number of rotatable bonds is 0. The highest BCUT2D eigenvalue weighted by Gasteiger charge is 2.05. The summed E-state index contributed by atoms with van der Waals surface area (Å²) < 4.78 is 0. The van der Waals surface area contributed by atoms with Crippen LogP contribution in [0.5, 0.6) is 0 Å². The highest BCUT2D eigenvalue weighted by molar-refractivity contribution is 5.60. The summed E-state index contributed by atoms with van der Waals surface area (Å²) in [5.74, 6) is 0. The predicted molar refractivity (Wildman–Crippen MR) is 51.1 cm³/mol. The smallest absolute Gasteiger partial charge is 0.0406 e. The van der Waals surface area contributed by atoms with Gasteiger partial charge in [0.05, 0.1) is 0 Å². The Hall–Kier alpha value is -1.22. The number of nitrogens with one attached hydrogen (secondary N) is 2. The molecule has 3 heteroatoms. The molecule has 0 saturated carbocycles. The molecule has 12 heavy (non-hydrogen) atoms. The number of anilines is 2. The quantitative estimate of drug-likeness (QED) is 0.495. The van der Waals surface area contributed by atoms with Crippen molar-refractivity contribution in [1.29, 1.82) is 0 Å². The fourth-order valence-corrected chi connectivity index (χ4v) is 1.42. The van der Waals surface area contributed by atoms with E-state index in [-0.39, 0.29) is 0 Å². The highest BCUT2D eigenvalue weighted by atomic mass is 15.0. The van der Waals surface area contributed by atoms with E-state index in [0.29, 0.717) is 0 Å². The standard InChI is InChI=1S/C9H13N3/c10-8-2-1-7-6-11-3-4-12-9(7)5-8/h1-2,5,11-12H,3-4,6,10H2. The van der Waals surface area contributed by atoms with Crippen molar-refractivity contribution in [3.8, 4) is 0 Å². The van der Waals surface area contributed by atoms with Gasteiger partial charge in [-0.1, -0.05) is 6.07 Å². The average molecular weight is 163 g/mol. The number of fused-ring (bicyclic) bond motifs is 1.